The molecule has 0 heterocycles. The highest BCUT2D eigenvalue weighted by atomic mass is 32.1. The number of hydrogen-bond acceptors (Lipinski definition) is 2. The molecule has 15 heavy (non-hydrogen) atoms. The van der Waals surface area contributed by atoms with Crippen LogP contribution in [-0.4, -0.2) is 32.5 Å². The molecule has 0 fully saturated rings. The molecule has 0 bridgehead atoms. The molecular weight excluding hydrogens is 234 g/mol. The fourth-order valence-electron chi connectivity index (χ4n) is 2.45. The van der Waals surface area contributed by atoms with Gasteiger partial charge in [-0.25, -0.2) is 0 Å². The topological polar surface area (TPSA) is 3.24 Å². The van der Waals surface area contributed by atoms with Crippen LogP contribution in [0.25, 0.3) is 0 Å². The van der Waals surface area contributed by atoms with Crippen molar-refractivity contribution in [1.29, 1.82) is 0 Å². The first-order valence-corrected chi connectivity index (χ1v) is 13.1. The Morgan fingerprint density at radius 2 is 1.40 bits per heavy atom. The van der Waals surface area contributed by atoms with Crippen LogP contribution in [-0.2, 0) is 0 Å². The monoisotopic (exact) mass is 263 g/mol. The molecule has 0 aliphatic rings. The Morgan fingerprint density at radius 3 is 1.60 bits per heavy atom. The zero-order valence-electron chi connectivity index (χ0n) is 11.8. The Kier molecular flexibility index (Phi) is 5.65. The lowest BCUT2D eigenvalue weighted by Crippen LogP contribution is -2.65. The predicted molar refractivity (Wildman–Crippen MR) is 81.1 cm³/mol. The first-order valence-electron chi connectivity index (χ1n) is 5.95. The van der Waals surface area contributed by atoms with E-state index in [1.165, 1.54) is 0 Å². The van der Waals surface area contributed by atoms with Crippen molar-refractivity contribution in [3.05, 3.63) is 0 Å². The molecule has 0 aromatic rings. The minimum absolute atomic E-state index is 0.629. The Bertz CT molecular complexity index is 199. The maximum atomic E-state index is 4.49. The first kappa shape index (κ1) is 15.7. The van der Waals surface area contributed by atoms with Gasteiger partial charge in [0.15, 0.2) is 0 Å². The molecule has 0 aliphatic heterocycles. The Hall–Kier alpha value is 0.744. The molecule has 0 amide bonds. The van der Waals surface area contributed by atoms with Gasteiger partial charge in [-0.3, -0.25) is 0 Å². The zero-order valence-corrected chi connectivity index (χ0v) is 14.7. The molecule has 0 N–H and O–H groups in total. The van der Waals surface area contributed by atoms with Crippen molar-refractivity contribution in [3.8, 4) is 0 Å². The average Bonchev–Trinajstić information content (AvgIpc) is 2.00. The highest BCUT2D eigenvalue weighted by molar-refractivity contribution is 7.80. The van der Waals surface area contributed by atoms with Crippen LogP contribution < -0.4 is 0 Å². The normalized spacial score (nSPS) is 16.2. The minimum atomic E-state index is -1.28. The maximum Gasteiger partial charge on any atom is 0.118 e. The van der Waals surface area contributed by atoms with Crippen molar-refractivity contribution < 1.29 is 0 Å². The second-order valence-electron chi connectivity index (χ2n) is 6.38. The summed E-state index contributed by atoms with van der Waals surface area (Å²) < 4.78 is 2.87. The summed E-state index contributed by atoms with van der Waals surface area (Å²) in [6.45, 7) is 19.5. The Labute approximate surface area is 104 Å². The van der Waals surface area contributed by atoms with E-state index in [2.05, 4.69) is 70.4 Å². The van der Waals surface area contributed by atoms with E-state index in [1.807, 2.05) is 0 Å². The molecular formula is C11H29NSSi2. The van der Waals surface area contributed by atoms with Crippen molar-refractivity contribution in [2.45, 2.75) is 65.1 Å². The van der Waals surface area contributed by atoms with Crippen LogP contribution >= 0.6 is 12.6 Å². The molecule has 0 aromatic carbocycles. The van der Waals surface area contributed by atoms with Crippen LogP contribution in [0.2, 0.25) is 38.3 Å². The molecule has 0 rings (SSSR count). The summed E-state index contributed by atoms with van der Waals surface area (Å²) in [7, 11) is -2.51. The number of rotatable bonds is 5. The van der Waals surface area contributed by atoms with Crippen LogP contribution in [0.1, 0.15) is 20.8 Å². The second kappa shape index (κ2) is 5.38. The third-order valence-corrected chi connectivity index (χ3v) is 14.1. The largest absolute Gasteiger partial charge is 0.342 e. The van der Waals surface area contributed by atoms with Crippen molar-refractivity contribution in [2.75, 3.05) is 5.75 Å². The van der Waals surface area contributed by atoms with E-state index in [0.717, 1.165) is 11.3 Å². The number of hydrogen-bond donors (Lipinski definition) is 1. The van der Waals surface area contributed by atoms with Gasteiger partial charge in [-0.1, -0.05) is 46.6 Å². The fraction of sp³-hybridized carbons (Fsp3) is 1.00. The summed E-state index contributed by atoms with van der Waals surface area (Å²) in [5, 5.41) is 0. The Morgan fingerprint density at radius 1 is 1.00 bits per heavy atom. The van der Waals surface area contributed by atoms with Crippen LogP contribution in [0.5, 0.6) is 0 Å². The molecule has 0 saturated carbocycles. The van der Waals surface area contributed by atoms with Gasteiger partial charge in [0.1, 0.15) is 16.5 Å². The quantitative estimate of drug-likeness (QED) is 0.578. The van der Waals surface area contributed by atoms with Gasteiger partial charge in [0.25, 0.3) is 0 Å². The van der Waals surface area contributed by atoms with Crippen molar-refractivity contribution in [1.82, 2.24) is 4.23 Å². The molecule has 1 atom stereocenters. The molecule has 0 aromatic heterocycles. The summed E-state index contributed by atoms with van der Waals surface area (Å²) in [5.74, 6) is 0.980. The van der Waals surface area contributed by atoms with E-state index in [4.69, 9.17) is 0 Å². The molecule has 0 aliphatic carbocycles. The third-order valence-electron chi connectivity index (χ3n) is 3.46. The minimum Gasteiger partial charge on any atom is -0.342 e. The lowest BCUT2D eigenvalue weighted by molar-refractivity contribution is 0.502. The van der Waals surface area contributed by atoms with Crippen LogP contribution in [0.3, 0.4) is 0 Å². The van der Waals surface area contributed by atoms with E-state index in [-0.39, 0.29) is 0 Å². The summed E-state index contributed by atoms with van der Waals surface area (Å²) >= 11 is 4.49. The second-order valence-corrected chi connectivity index (χ2v) is 17.0. The van der Waals surface area contributed by atoms with Crippen LogP contribution in [0, 0.1) is 0 Å². The number of thiol groups is 1. The summed E-state index contributed by atoms with van der Waals surface area (Å²) in [6.07, 6.45) is 0. The highest BCUT2D eigenvalue weighted by Gasteiger charge is 2.41. The zero-order chi connectivity index (χ0) is 12.4. The van der Waals surface area contributed by atoms with Gasteiger partial charge in [0.05, 0.1) is 0 Å². The van der Waals surface area contributed by atoms with Gasteiger partial charge in [0.2, 0.25) is 0 Å². The average molecular weight is 264 g/mol. The Balaban J connectivity index is 5.12. The van der Waals surface area contributed by atoms with Gasteiger partial charge in [0, 0.05) is 11.8 Å². The van der Waals surface area contributed by atoms with Gasteiger partial charge in [-0.05, 0) is 12.5 Å². The molecule has 4 heteroatoms. The molecule has 0 spiro atoms. The van der Waals surface area contributed by atoms with E-state index >= 15 is 0 Å². The molecule has 0 radical (unpaired) electrons. The van der Waals surface area contributed by atoms with E-state index < -0.39 is 16.5 Å². The van der Waals surface area contributed by atoms with Gasteiger partial charge in [-0.15, -0.1) is 0 Å². The number of nitrogens with zero attached hydrogens (tertiary/aromatic N) is 1. The van der Waals surface area contributed by atoms with Crippen LogP contribution in [0.15, 0.2) is 0 Å². The predicted octanol–water partition coefficient (Wildman–Crippen LogP) is 4.06. The van der Waals surface area contributed by atoms with Crippen molar-refractivity contribution >= 4 is 29.1 Å². The van der Waals surface area contributed by atoms with Gasteiger partial charge in [-0.2, -0.15) is 12.6 Å². The smallest absolute Gasteiger partial charge is 0.118 e. The first-order chi connectivity index (χ1) is 6.55. The van der Waals surface area contributed by atoms with Gasteiger partial charge < -0.3 is 4.23 Å². The lowest BCUT2D eigenvalue weighted by atomic mass is 10.4. The molecule has 0 saturated heterocycles. The maximum absolute atomic E-state index is 4.49. The fourth-order valence-corrected chi connectivity index (χ4v) is 13.8. The third kappa shape index (κ3) is 3.91. The van der Waals surface area contributed by atoms with Crippen molar-refractivity contribution in [3.63, 3.8) is 0 Å². The van der Waals surface area contributed by atoms with E-state index in [9.17, 15) is 0 Å². The standard InChI is InChI=1S/C11H29NSSi2/c1-10(2)15(7,8)12(11(3)9-13)14(4,5)6/h10-11,13H,9H2,1-8H3. The molecule has 92 valence electrons. The van der Waals surface area contributed by atoms with Crippen molar-refractivity contribution in [2.24, 2.45) is 0 Å². The molecule has 1 nitrogen and oxygen atoms in total. The molecule has 1 unspecified atom stereocenters. The summed E-state index contributed by atoms with van der Waals surface area (Å²) in [5.41, 5.74) is 0.812. The van der Waals surface area contributed by atoms with E-state index in [1.54, 1.807) is 0 Å². The van der Waals surface area contributed by atoms with Gasteiger partial charge >= 0.3 is 0 Å². The SMILES string of the molecule is CC(CS)N([Si](C)(C)C)[Si](C)(C)C(C)C. The highest BCUT2D eigenvalue weighted by Crippen LogP contribution is 2.31. The summed E-state index contributed by atoms with van der Waals surface area (Å²) in [4.78, 5) is 0. The summed E-state index contributed by atoms with van der Waals surface area (Å²) in [6, 6.07) is 0.629. The van der Waals surface area contributed by atoms with E-state index in [0.29, 0.717) is 6.04 Å². The van der Waals surface area contributed by atoms with Crippen LogP contribution in [0.4, 0.5) is 0 Å². The lowest BCUT2D eigenvalue weighted by Gasteiger charge is -2.51.